The Morgan fingerprint density at radius 3 is 2.08 bits per heavy atom. The van der Waals surface area contributed by atoms with Gasteiger partial charge in [0, 0.05) is 5.69 Å². The van der Waals surface area contributed by atoms with Crippen LogP contribution in [0.25, 0.3) is 0 Å². The van der Waals surface area contributed by atoms with Gasteiger partial charge in [0.1, 0.15) is 0 Å². The minimum absolute atomic E-state index is 0.0373. The molecule has 1 unspecified atom stereocenters. The standard InChI is InChI=1S/C21H28N2O/c1-6-16-7-9-17(10-8-16)15(2)22-20(24)23-19-13-11-18(12-14-19)21(3,4)5/h7-15H,6H2,1-5H3,(H2,22,23,24). The predicted octanol–water partition coefficient (Wildman–Crippen LogP) is 5.43. The number of carbonyl (C=O) groups excluding carboxylic acids is 1. The summed E-state index contributed by atoms with van der Waals surface area (Å²) in [7, 11) is 0. The zero-order valence-electron chi connectivity index (χ0n) is 15.3. The van der Waals surface area contributed by atoms with Crippen molar-refractivity contribution in [3.63, 3.8) is 0 Å². The molecular weight excluding hydrogens is 296 g/mol. The van der Waals surface area contributed by atoms with Crippen LogP contribution in [0.2, 0.25) is 0 Å². The van der Waals surface area contributed by atoms with Crippen molar-refractivity contribution in [3.8, 4) is 0 Å². The highest BCUT2D eigenvalue weighted by atomic mass is 16.2. The maximum Gasteiger partial charge on any atom is 0.319 e. The zero-order chi connectivity index (χ0) is 17.7. The molecule has 0 aliphatic carbocycles. The van der Waals surface area contributed by atoms with Crippen LogP contribution in [0.4, 0.5) is 10.5 Å². The average Bonchev–Trinajstić information content (AvgIpc) is 2.54. The molecule has 0 aromatic heterocycles. The Balaban J connectivity index is 1.94. The monoisotopic (exact) mass is 324 g/mol. The lowest BCUT2D eigenvalue weighted by Gasteiger charge is -2.19. The molecule has 24 heavy (non-hydrogen) atoms. The van der Waals surface area contributed by atoms with Crippen LogP contribution >= 0.6 is 0 Å². The number of nitrogens with one attached hydrogen (secondary N) is 2. The second kappa shape index (κ2) is 7.52. The number of rotatable bonds is 4. The molecule has 0 fully saturated rings. The fourth-order valence-electron chi connectivity index (χ4n) is 2.54. The lowest BCUT2D eigenvalue weighted by molar-refractivity contribution is 0.249. The summed E-state index contributed by atoms with van der Waals surface area (Å²) in [6.07, 6.45) is 1.02. The Kier molecular flexibility index (Phi) is 5.66. The Morgan fingerprint density at radius 1 is 1.00 bits per heavy atom. The minimum Gasteiger partial charge on any atom is -0.331 e. The number of hydrogen-bond acceptors (Lipinski definition) is 1. The topological polar surface area (TPSA) is 41.1 Å². The quantitative estimate of drug-likeness (QED) is 0.773. The molecule has 0 saturated heterocycles. The highest BCUT2D eigenvalue weighted by Crippen LogP contribution is 2.23. The van der Waals surface area contributed by atoms with E-state index in [2.05, 4.69) is 74.7 Å². The van der Waals surface area contributed by atoms with Crippen molar-refractivity contribution in [1.82, 2.24) is 5.32 Å². The number of benzene rings is 2. The number of carbonyl (C=O) groups is 1. The van der Waals surface area contributed by atoms with Crippen molar-refractivity contribution >= 4 is 11.7 Å². The van der Waals surface area contributed by atoms with Gasteiger partial charge in [-0.3, -0.25) is 0 Å². The first-order chi connectivity index (χ1) is 11.3. The van der Waals surface area contributed by atoms with Crippen molar-refractivity contribution in [1.29, 1.82) is 0 Å². The van der Waals surface area contributed by atoms with E-state index in [4.69, 9.17) is 0 Å². The zero-order valence-corrected chi connectivity index (χ0v) is 15.3. The lowest BCUT2D eigenvalue weighted by atomic mass is 9.87. The van der Waals surface area contributed by atoms with Crippen LogP contribution < -0.4 is 10.6 Å². The molecule has 2 amide bonds. The van der Waals surface area contributed by atoms with E-state index in [-0.39, 0.29) is 17.5 Å². The van der Waals surface area contributed by atoms with Gasteiger partial charge in [-0.05, 0) is 47.6 Å². The Bertz CT molecular complexity index is 666. The molecule has 2 rings (SSSR count). The highest BCUT2D eigenvalue weighted by molar-refractivity contribution is 5.89. The van der Waals surface area contributed by atoms with E-state index in [1.807, 2.05) is 19.1 Å². The first kappa shape index (κ1) is 18.1. The van der Waals surface area contributed by atoms with Gasteiger partial charge in [-0.25, -0.2) is 4.79 Å². The molecule has 0 heterocycles. The van der Waals surface area contributed by atoms with E-state index in [1.165, 1.54) is 11.1 Å². The molecule has 2 aromatic carbocycles. The third kappa shape index (κ3) is 4.85. The number of aryl methyl sites for hydroxylation is 1. The fourth-order valence-corrected chi connectivity index (χ4v) is 2.54. The summed E-state index contributed by atoms with van der Waals surface area (Å²) in [5.74, 6) is 0. The van der Waals surface area contributed by atoms with Crippen molar-refractivity contribution in [2.75, 3.05) is 5.32 Å². The second-order valence-corrected chi connectivity index (χ2v) is 7.24. The summed E-state index contributed by atoms with van der Waals surface area (Å²) in [4.78, 5) is 12.2. The SMILES string of the molecule is CCc1ccc(C(C)NC(=O)Nc2ccc(C(C)(C)C)cc2)cc1. The normalized spacial score (nSPS) is 12.5. The third-order valence-electron chi connectivity index (χ3n) is 4.24. The second-order valence-electron chi connectivity index (χ2n) is 7.24. The molecule has 3 nitrogen and oxygen atoms in total. The van der Waals surface area contributed by atoms with Gasteiger partial charge >= 0.3 is 6.03 Å². The van der Waals surface area contributed by atoms with Gasteiger partial charge in [0.05, 0.1) is 6.04 Å². The van der Waals surface area contributed by atoms with E-state index < -0.39 is 0 Å². The third-order valence-corrected chi connectivity index (χ3v) is 4.24. The van der Waals surface area contributed by atoms with Gasteiger partial charge in [-0.15, -0.1) is 0 Å². The number of urea groups is 1. The molecule has 2 N–H and O–H groups in total. The predicted molar refractivity (Wildman–Crippen MR) is 102 cm³/mol. The molecule has 0 bridgehead atoms. The lowest BCUT2D eigenvalue weighted by Crippen LogP contribution is -2.31. The van der Waals surface area contributed by atoms with Gasteiger partial charge < -0.3 is 10.6 Å². The molecule has 0 aliphatic rings. The number of anilines is 1. The number of hydrogen-bond donors (Lipinski definition) is 2. The molecule has 1 atom stereocenters. The first-order valence-electron chi connectivity index (χ1n) is 8.56. The summed E-state index contributed by atoms with van der Waals surface area (Å²) in [5, 5.41) is 5.87. The molecule has 128 valence electrons. The Labute approximate surface area is 145 Å². The fraction of sp³-hybridized carbons (Fsp3) is 0.381. The van der Waals surface area contributed by atoms with Crippen LogP contribution in [0.5, 0.6) is 0 Å². The van der Waals surface area contributed by atoms with E-state index in [0.717, 1.165) is 17.7 Å². The van der Waals surface area contributed by atoms with Crippen LogP contribution in [0.1, 0.15) is 57.4 Å². The van der Waals surface area contributed by atoms with E-state index in [1.54, 1.807) is 0 Å². The molecule has 3 heteroatoms. The van der Waals surface area contributed by atoms with Gasteiger partial charge in [0.2, 0.25) is 0 Å². The molecule has 0 saturated carbocycles. The molecule has 0 aliphatic heterocycles. The smallest absolute Gasteiger partial charge is 0.319 e. The highest BCUT2D eigenvalue weighted by Gasteiger charge is 2.14. The maximum atomic E-state index is 12.2. The molecule has 0 radical (unpaired) electrons. The first-order valence-corrected chi connectivity index (χ1v) is 8.56. The van der Waals surface area contributed by atoms with Gasteiger partial charge in [0.25, 0.3) is 0 Å². The summed E-state index contributed by atoms with van der Waals surface area (Å²) in [6, 6.07) is 16.1. The minimum atomic E-state index is -0.189. The number of amides is 2. The summed E-state index contributed by atoms with van der Waals surface area (Å²) >= 11 is 0. The van der Waals surface area contributed by atoms with Gasteiger partial charge in [-0.1, -0.05) is 64.1 Å². The Morgan fingerprint density at radius 2 is 1.58 bits per heavy atom. The van der Waals surface area contributed by atoms with Crippen molar-refractivity contribution in [3.05, 3.63) is 65.2 Å². The molecule has 0 spiro atoms. The summed E-state index contributed by atoms with van der Waals surface area (Å²) in [6.45, 7) is 10.6. The van der Waals surface area contributed by atoms with Crippen LogP contribution in [0.3, 0.4) is 0 Å². The van der Waals surface area contributed by atoms with Gasteiger partial charge in [-0.2, -0.15) is 0 Å². The van der Waals surface area contributed by atoms with Crippen LogP contribution in [-0.2, 0) is 11.8 Å². The van der Waals surface area contributed by atoms with Crippen LogP contribution in [0, 0.1) is 0 Å². The maximum absolute atomic E-state index is 12.2. The van der Waals surface area contributed by atoms with Gasteiger partial charge in [0.15, 0.2) is 0 Å². The van der Waals surface area contributed by atoms with Crippen molar-refractivity contribution < 1.29 is 4.79 Å². The van der Waals surface area contributed by atoms with Crippen LogP contribution in [-0.4, -0.2) is 6.03 Å². The Hall–Kier alpha value is -2.29. The van der Waals surface area contributed by atoms with E-state index in [9.17, 15) is 4.79 Å². The molecule has 2 aromatic rings. The van der Waals surface area contributed by atoms with Crippen molar-refractivity contribution in [2.24, 2.45) is 0 Å². The van der Waals surface area contributed by atoms with Crippen LogP contribution in [0.15, 0.2) is 48.5 Å². The largest absolute Gasteiger partial charge is 0.331 e. The summed E-state index contributed by atoms with van der Waals surface area (Å²) < 4.78 is 0. The average molecular weight is 324 g/mol. The van der Waals surface area contributed by atoms with E-state index in [0.29, 0.717) is 0 Å². The van der Waals surface area contributed by atoms with E-state index >= 15 is 0 Å². The van der Waals surface area contributed by atoms with Crippen molar-refractivity contribution in [2.45, 2.75) is 52.5 Å². The molecular formula is C21H28N2O. The summed E-state index contributed by atoms with van der Waals surface area (Å²) in [5.41, 5.74) is 4.56.